The summed E-state index contributed by atoms with van der Waals surface area (Å²) >= 11 is 5.64. The van der Waals surface area contributed by atoms with Gasteiger partial charge in [-0.25, -0.2) is 4.39 Å². The lowest BCUT2D eigenvalue weighted by atomic mass is 9.99. The summed E-state index contributed by atoms with van der Waals surface area (Å²) in [6, 6.07) is 3.80. The first-order chi connectivity index (χ1) is 9.87. The van der Waals surface area contributed by atoms with Crippen molar-refractivity contribution in [2.45, 2.75) is 25.1 Å². The van der Waals surface area contributed by atoms with Gasteiger partial charge >= 0.3 is 6.18 Å². The highest BCUT2D eigenvalue weighted by atomic mass is 35.5. The molecule has 1 saturated heterocycles. The van der Waals surface area contributed by atoms with Gasteiger partial charge in [0, 0.05) is 38.6 Å². The van der Waals surface area contributed by atoms with Gasteiger partial charge in [-0.1, -0.05) is 17.7 Å². The van der Waals surface area contributed by atoms with Crippen LogP contribution in [0.5, 0.6) is 0 Å². The molecule has 0 radical (unpaired) electrons. The molecule has 1 N–H and O–H groups in total. The van der Waals surface area contributed by atoms with Crippen molar-refractivity contribution in [3.8, 4) is 0 Å². The SMILES string of the molecule is Fc1cc([C@@H](CCC(F)(F)F)N2CCNCC2)ccc1Cl. The Morgan fingerprint density at radius 3 is 2.48 bits per heavy atom. The van der Waals surface area contributed by atoms with E-state index in [-0.39, 0.29) is 11.4 Å². The van der Waals surface area contributed by atoms with Gasteiger partial charge in [0.25, 0.3) is 0 Å². The Balaban J connectivity index is 2.18. The van der Waals surface area contributed by atoms with Crippen molar-refractivity contribution >= 4 is 11.6 Å². The Morgan fingerprint density at radius 2 is 1.90 bits per heavy atom. The Kier molecular flexibility index (Phi) is 5.46. The van der Waals surface area contributed by atoms with Crippen LogP contribution in [0, 0.1) is 5.82 Å². The first-order valence-corrected chi connectivity index (χ1v) is 7.21. The van der Waals surface area contributed by atoms with Crippen LogP contribution in [-0.2, 0) is 0 Å². The molecule has 1 aliphatic rings. The molecule has 1 aromatic carbocycles. The van der Waals surface area contributed by atoms with Gasteiger partial charge in [-0.3, -0.25) is 4.90 Å². The van der Waals surface area contributed by atoms with E-state index in [2.05, 4.69) is 5.32 Å². The van der Waals surface area contributed by atoms with Gasteiger partial charge in [0.1, 0.15) is 5.82 Å². The largest absolute Gasteiger partial charge is 0.389 e. The molecule has 2 rings (SSSR count). The highest BCUT2D eigenvalue weighted by Gasteiger charge is 2.31. The van der Waals surface area contributed by atoms with Crippen molar-refractivity contribution in [2.24, 2.45) is 0 Å². The lowest BCUT2D eigenvalue weighted by Crippen LogP contribution is -2.45. The lowest BCUT2D eigenvalue weighted by Gasteiger charge is -2.35. The second-order valence-corrected chi connectivity index (χ2v) is 5.54. The molecular formula is C14H17ClF4N2. The van der Waals surface area contributed by atoms with Crippen LogP contribution < -0.4 is 5.32 Å². The summed E-state index contributed by atoms with van der Waals surface area (Å²) in [6.07, 6.45) is -5.17. The molecule has 1 fully saturated rings. The monoisotopic (exact) mass is 324 g/mol. The first kappa shape index (κ1) is 16.5. The van der Waals surface area contributed by atoms with Crippen LogP contribution in [0.25, 0.3) is 0 Å². The van der Waals surface area contributed by atoms with E-state index in [1.807, 2.05) is 4.90 Å². The smallest absolute Gasteiger partial charge is 0.314 e. The number of benzene rings is 1. The van der Waals surface area contributed by atoms with E-state index in [9.17, 15) is 17.6 Å². The van der Waals surface area contributed by atoms with Crippen molar-refractivity contribution in [3.05, 3.63) is 34.6 Å². The fourth-order valence-electron chi connectivity index (χ4n) is 2.57. The van der Waals surface area contributed by atoms with Crippen LogP contribution in [0.4, 0.5) is 17.6 Å². The first-order valence-electron chi connectivity index (χ1n) is 6.83. The van der Waals surface area contributed by atoms with Crippen molar-refractivity contribution in [1.82, 2.24) is 10.2 Å². The van der Waals surface area contributed by atoms with E-state index in [4.69, 9.17) is 11.6 Å². The third kappa shape index (κ3) is 4.83. The molecule has 0 aliphatic carbocycles. The standard InChI is InChI=1S/C14H17ClF4N2/c15-11-2-1-10(9-12(11)16)13(3-4-14(17,18)19)21-7-5-20-6-8-21/h1-2,9,13,20H,3-8H2/t13-/m1/s1. The van der Waals surface area contributed by atoms with Gasteiger partial charge in [0.2, 0.25) is 0 Å². The molecule has 0 aromatic heterocycles. The molecule has 0 saturated carbocycles. The molecule has 1 aromatic rings. The zero-order chi connectivity index (χ0) is 15.5. The molecule has 21 heavy (non-hydrogen) atoms. The van der Waals surface area contributed by atoms with E-state index in [0.717, 1.165) is 13.1 Å². The minimum atomic E-state index is -4.21. The Labute approximate surface area is 126 Å². The highest BCUT2D eigenvalue weighted by Crippen LogP contribution is 2.32. The van der Waals surface area contributed by atoms with Gasteiger partial charge in [-0.05, 0) is 24.1 Å². The highest BCUT2D eigenvalue weighted by molar-refractivity contribution is 6.30. The zero-order valence-corrected chi connectivity index (χ0v) is 12.1. The summed E-state index contributed by atoms with van der Waals surface area (Å²) in [5.74, 6) is -0.596. The van der Waals surface area contributed by atoms with E-state index >= 15 is 0 Å². The second-order valence-electron chi connectivity index (χ2n) is 5.13. The van der Waals surface area contributed by atoms with Gasteiger partial charge in [-0.15, -0.1) is 0 Å². The zero-order valence-electron chi connectivity index (χ0n) is 11.4. The average Bonchev–Trinajstić information content (AvgIpc) is 2.43. The summed E-state index contributed by atoms with van der Waals surface area (Å²) in [7, 11) is 0. The molecule has 118 valence electrons. The number of alkyl halides is 3. The fourth-order valence-corrected chi connectivity index (χ4v) is 2.69. The summed E-state index contributed by atoms with van der Waals surface area (Å²) in [6.45, 7) is 2.73. The van der Waals surface area contributed by atoms with E-state index in [0.29, 0.717) is 18.7 Å². The molecule has 0 amide bonds. The summed E-state index contributed by atoms with van der Waals surface area (Å²) in [4.78, 5) is 1.96. The third-order valence-corrected chi connectivity index (χ3v) is 3.93. The van der Waals surface area contributed by atoms with E-state index < -0.39 is 24.5 Å². The predicted molar refractivity (Wildman–Crippen MR) is 73.9 cm³/mol. The predicted octanol–water partition coefficient (Wildman–Crippen LogP) is 3.77. The summed E-state index contributed by atoms with van der Waals surface area (Å²) in [5.41, 5.74) is 0.544. The van der Waals surface area contributed by atoms with Crippen LogP contribution in [0.3, 0.4) is 0 Å². The van der Waals surface area contributed by atoms with Gasteiger partial charge in [-0.2, -0.15) is 13.2 Å². The van der Waals surface area contributed by atoms with Crippen molar-refractivity contribution in [1.29, 1.82) is 0 Å². The lowest BCUT2D eigenvalue weighted by molar-refractivity contribution is -0.138. The van der Waals surface area contributed by atoms with Gasteiger partial charge in [0.15, 0.2) is 0 Å². The maximum atomic E-state index is 13.6. The average molecular weight is 325 g/mol. The van der Waals surface area contributed by atoms with Crippen molar-refractivity contribution in [3.63, 3.8) is 0 Å². The number of nitrogens with one attached hydrogen (secondary N) is 1. The van der Waals surface area contributed by atoms with Crippen molar-refractivity contribution in [2.75, 3.05) is 26.2 Å². The van der Waals surface area contributed by atoms with Gasteiger partial charge in [0.05, 0.1) is 5.02 Å². The minimum Gasteiger partial charge on any atom is -0.314 e. The summed E-state index contributed by atoms with van der Waals surface area (Å²) < 4.78 is 51.1. The Morgan fingerprint density at radius 1 is 1.24 bits per heavy atom. The van der Waals surface area contributed by atoms with Gasteiger partial charge < -0.3 is 5.32 Å². The van der Waals surface area contributed by atoms with Crippen molar-refractivity contribution < 1.29 is 17.6 Å². The Hall–Kier alpha value is -0.850. The van der Waals surface area contributed by atoms with Crippen LogP contribution >= 0.6 is 11.6 Å². The van der Waals surface area contributed by atoms with E-state index in [1.165, 1.54) is 12.1 Å². The second kappa shape index (κ2) is 6.94. The number of nitrogens with zero attached hydrogens (tertiary/aromatic N) is 1. The quantitative estimate of drug-likeness (QED) is 0.848. The van der Waals surface area contributed by atoms with Crippen LogP contribution in [0.15, 0.2) is 18.2 Å². The number of piperazine rings is 1. The maximum Gasteiger partial charge on any atom is 0.389 e. The van der Waals surface area contributed by atoms with Crippen LogP contribution in [-0.4, -0.2) is 37.3 Å². The fraction of sp³-hybridized carbons (Fsp3) is 0.571. The molecule has 0 unspecified atom stereocenters. The number of hydrogen-bond acceptors (Lipinski definition) is 2. The normalized spacial score (nSPS) is 18.7. The third-order valence-electron chi connectivity index (χ3n) is 3.62. The van der Waals surface area contributed by atoms with E-state index in [1.54, 1.807) is 6.07 Å². The molecule has 1 aliphatic heterocycles. The minimum absolute atomic E-state index is 0.0198. The maximum absolute atomic E-state index is 13.6. The molecule has 0 bridgehead atoms. The number of halogens is 5. The molecule has 1 atom stereocenters. The molecule has 1 heterocycles. The molecule has 7 heteroatoms. The Bertz CT molecular complexity index is 473. The topological polar surface area (TPSA) is 15.3 Å². The number of rotatable bonds is 4. The number of hydrogen-bond donors (Lipinski definition) is 1. The van der Waals surface area contributed by atoms with Crippen LogP contribution in [0.2, 0.25) is 5.02 Å². The molecular weight excluding hydrogens is 308 g/mol. The molecule has 2 nitrogen and oxygen atoms in total. The summed E-state index contributed by atoms with van der Waals surface area (Å²) in [5, 5.41) is 3.14. The van der Waals surface area contributed by atoms with Crippen LogP contribution in [0.1, 0.15) is 24.4 Å². The molecule has 0 spiro atoms.